The Balaban J connectivity index is 2.24. The molecule has 0 aliphatic heterocycles. The number of carboxylic acids is 1. The summed E-state index contributed by atoms with van der Waals surface area (Å²) < 4.78 is 0. The summed E-state index contributed by atoms with van der Waals surface area (Å²) in [6, 6.07) is 0. The van der Waals surface area contributed by atoms with Gasteiger partial charge in [-0.3, -0.25) is 4.98 Å². The molecule has 2 rings (SSSR count). The fraction of sp³-hybridized carbons (Fsp3) is 0.583. The van der Waals surface area contributed by atoms with Crippen LogP contribution in [0.4, 0.5) is 5.82 Å². The van der Waals surface area contributed by atoms with Gasteiger partial charge in [-0.25, -0.2) is 9.78 Å². The molecule has 1 heterocycles. The van der Waals surface area contributed by atoms with E-state index in [9.17, 15) is 9.90 Å². The molecule has 0 spiro atoms. The molecule has 0 aromatic carbocycles. The quantitative estimate of drug-likeness (QED) is 0.838. The summed E-state index contributed by atoms with van der Waals surface area (Å²) in [5.41, 5.74) is -0.127. The Morgan fingerprint density at radius 2 is 1.94 bits per heavy atom. The summed E-state index contributed by atoms with van der Waals surface area (Å²) >= 11 is 0. The van der Waals surface area contributed by atoms with Crippen molar-refractivity contribution in [2.75, 3.05) is 5.32 Å². The van der Waals surface area contributed by atoms with Crippen LogP contribution in [0.3, 0.4) is 0 Å². The number of rotatable bonds is 3. The van der Waals surface area contributed by atoms with Gasteiger partial charge in [0.1, 0.15) is 11.4 Å². The number of aryl methyl sites for hydroxylation is 1. The van der Waals surface area contributed by atoms with Crippen LogP contribution in [0.1, 0.15) is 37.8 Å². The zero-order chi connectivity index (χ0) is 12.3. The van der Waals surface area contributed by atoms with Crippen LogP contribution < -0.4 is 5.32 Å². The van der Waals surface area contributed by atoms with E-state index in [2.05, 4.69) is 15.3 Å². The van der Waals surface area contributed by atoms with Gasteiger partial charge in [-0.05, 0) is 19.8 Å². The molecule has 2 N–H and O–H groups in total. The van der Waals surface area contributed by atoms with Crippen LogP contribution in [0, 0.1) is 6.92 Å². The maximum absolute atomic E-state index is 11.5. The molecule has 1 aromatic heterocycles. The molecule has 0 bridgehead atoms. The predicted octanol–water partition coefficient (Wildman–Crippen LogP) is 1.98. The van der Waals surface area contributed by atoms with Crippen LogP contribution in [0.15, 0.2) is 12.4 Å². The minimum atomic E-state index is -0.862. The van der Waals surface area contributed by atoms with Gasteiger partial charge >= 0.3 is 5.97 Å². The van der Waals surface area contributed by atoms with Crippen molar-refractivity contribution in [3.8, 4) is 0 Å². The molecular formula is C12H17N3O2. The Bertz CT molecular complexity index is 414. The van der Waals surface area contributed by atoms with Crippen molar-refractivity contribution < 1.29 is 9.90 Å². The molecule has 0 radical (unpaired) electrons. The minimum Gasteiger partial charge on any atom is -0.480 e. The normalized spacial score (nSPS) is 18.6. The average Bonchev–Trinajstić information content (AvgIpc) is 2.33. The molecule has 5 heteroatoms. The third-order valence-electron chi connectivity index (χ3n) is 3.36. The fourth-order valence-electron chi connectivity index (χ4n) is 2.30. The van der Waals surface area contributed by atoms with Gasteiger partial charge in [-0.2, -0.15) is 0 Å². The Labute approximate surface area is 100 Å². The highest BCUT2D eigenvalue weighted by Gasteiger charge is 2.40. The van der Waals surface area contributed by atoms with Crippen LogP contribution in [-0.4, -0.2) is 26.6 Å². The smallest absolute Gasteiger partial charge is 0.329 e. The Morgan fingerprint density at radius 3 is 2.53 bits per heavy atom. The second-order valence-electron chi connectivity index (χ2n) is 4.56. The highest BCUT2D eigenvalue weighted by molar-refractivity contribution is 5.82. The van der Waals surface area contributed by atoms with Crippen LogP contribution in [0.5, 0.6) is 0 Å². The van der Waals surface area contributed by atoms with E-state index in [4.69, 9.17) is 0 Å². The van der Waals surface area contributed by atoms with Crippen molar-refractivity contribution in [1.29, 1.82) is 0 Å². The maximum atomic E-state index is 11.5. The van der Waals surface area contributed by atoms with E-state index in [1.54, 1.807) is 12.4 Å². The number of aromatic nitrogens is 2. The lowest BCUT2D eigenvalue weighted by Crippen LogP contribution is -2.48. The molecule has 0 amide bonds. The van der Waals surface area contributed by atoms with Crippen LogP contribution in [0.2, 0.25) is 0 Å². The lowest BCUT2D eigenvalue weighted by atomic mass is 9.81. The van der Waals surface area contributed by atoms with Gasteiger partial charge in [0.15, 0.2) is 0 Å². The fourth-order valence-corrected chi connectivity index (χ4v) is 2.30. The summed E-state index contributed by atoms with van der Waals surface area (Å²) in [5.74, 6) is -0.209. The number of hydrogen-bond donors (Lipinski definition) is 2. The first-order valence-electron chi connectivity index (χ1n) is 5.93. The van der Waals surface area contributed by atoms with E-state index in [0.29, 0.717) is 18.7 Å². The zero-order valence-electron chi connectivity index (χ0n) is 9.94. The van der Waals surface area contributed by atoms with Gasteiger partial charge in [-0.1, -0.05) is 19.3 Å². The van der Waals surface area contributed by atoms with Gasteiger partial charge in [0, 0.05) is 12.4 Å². The lowest BCUT2D eigenvalue weighted by Gasteiger charge is -2.34. The summed E-state index contributed by atoms with van der Waals surface area (Å²) in [5, 5.41) is 12.5. The molecule has 1 aliphatic carbocycles. The molecule has 0 atom stereocenters. The summed E-state index contributed by atoms with van der Waals surface area (Å²) in [6.07, 6.45) is 7.48. The number of nitrogens with zero attached hydrogens (tertiary/aromatic N) is 2. The van der Waals surface area contributed by atoms with Gasteiger partial charge in [-0.15, -0.1) is 0 Å². The number of carboxylic acid groups (broad SMARTS) is 1. The molecule has 0 unspecified atom stereocenters. The number of anilines is 1. The van der Waals surface area contributed by atoms with Crippen molar-refractivity contribution in [3.63, 3.8) is 0 Å². The standard InChI is InChI=1S/C12H17N3O2/c1-9-10(14-8-7-13-9)15-12(11(16)17)5-3-2-4-6-12/h7-8H,2-6H2,1H3,(H,14,15)(H,16,17). The highest BCUT2D eigenvalue weighted by atomic mass is 16.4. The second kappa shape index (κ2) is 4.69. The SMILES string of the molecule is Cc1nccnc1NC1(C(=O)O)CCCCC1. The number of carbonyl (C=O) groups is 1. The van der Waals surface area contributed by atoms with E-state index in [-0.39, 0.29) is 0 Å². The molecule has 1 aliphatic rings. The first-order valence-corrected chi connectivity index (χ1v) is 5.93. The van der Waals surface area contributed by atoms with E-state index in [0.717, 1.165) is 25.0 Å². The first kappa shape index (κ1) is 11.8. The predicted molar refractivity (Wildman–Crippen MR) is 63.8 cm³/mol. The van der Waals surface area contributed by atoms with Crippen molar-refractivity contribution in [3.05, 3.63) is 18.1 Å². The Kier molecular flexibility index (Phi) is 3.26. The highest BCUT2D eigenvalue weighted by Crippen LogP contribution is 2.31. The maximum Gasteiger partial charge on any atom is 0.329 e. The van der Waals surface area contributed by atoms with E-state index >= 15 is 0 Å². The molecular weight excluding hydrogens is 218 g/mol. The summed E-state index contributed by atoms with van der Waals surface area (Å²) in [6.45, 7) is 1.83. The summed E-state index contributed by atoms with van der Waals surface area (Å²) in [4.78, 5) is 19.8. The number of nitrogens with one attached hydrogen (secondary N) is 1. The molecule has 1 saturated carbocycles. The third-order valence-corrected chi connectivity index (χ3v) is 3.36. The monoisotopic (exact) mass is 235 g/mol. The molecule has 17 heavy (non-hydrogen) atoms. The summed E-state index contributed by atoms with van der Waals surface area (Å²) in [7, 11) is 0. The largest absolute Gasteiger partial charge is 0.480 e. The van der Waals surface area contributed by atoms with E-state index in [1.165, 1.54) is 0 Å². The van der Waals surface area contributed by atoms with Gasteiger partial charge in [0.25, 0.3) is 0 Å². The molecule has 0 saturated heterocycles. The van der Waals surface area contributed by atoms with Crippen molar-refractivity contribution in [2.45, 2.75) is 44.6 Å². The van der Waals surface area contributed by atoms with Gasteiger partial charge in [0.2, 0.25) is 0 Å². The average molecular weight is 235 g/mol. The second-order valence-corrected chi connectivity index (χ2v) is 4.56. The third kappa shape index (κ3) is 2.38. The van der Waals surface area contributed by atoms with E-state index in [1.807, 2.05) is 6.92 Å². The van der Waals surface area contributed by atoms with Gasteiger partial charge < -0.3 is 10.4 Å². The van der Waals surface area contributed by atoms with E-state index < -0.39 is 11.5 Å². The number of hydrogen-bond acceptors (Lipinski definition) is 4. The van der Waals surface area contributed by atoms with Crippen LogP contribution >= 0.6 is 0 Å². The molecule has 1 aromatic rings. The first-order chi connectivity index (χ1) is 8.14. The lowest BCUT2D eigenvalue weighted by molar-refractivity contribution is -0.143. The van der Waals surface area contributed by atoms with Crippen molar-refractivity contribution >= 4 is 11.8 Å². The zero-order valence-corrected chi connectivity index (χ0v) is 9.94. The van der Waals surface area contributed by atoms with Crippen molar-refractivity contribution in [2.24, 2.45) is 0 Å². The minimum absolute atomic E-state index is 0.580. The molecule has 92 valence electrons. The van der Waals surface area contributed by atoms with Crippen LogP contribution in [-0.2, 0) is 4.79 Å². The molecule has 1 fully saturated rings. The number of aliphatic carboxylic acids is 1. The Hall–Kier alpha value is -1.65. The van der Waals surface area contributed by atoms with Crippen molar-refractivity contribution in [1.82, 2.24) is 9.97 Å². The topological polar surface area (TPSA) is 75.1 Å². The molecule has 5 nitrogen and oxygen atoms in total. The van der Waals surface area contributed by atoms with Gasteiger partial charge in [0.05, 0.1) is 5.69 Å². The van der Waals surface area contributed by atoms with Crippen LogP contribution in [0.25, 0.3) is 0 Å². The Morgan fingerprint density at radius 1 is 1.29 bits per heavy atom.